The van der Waals surface area contributed by atoms with E-state index in [9.17, 15) is 0 Å². The lowest BCUT2D eigenvalue weighted by atomic mass is 9.88. The lowest BCUT2D eigenvalue weighted by Crippen LogP contribution is -1.98. The van der Waals surface area contributed by atoms with Gasteiger partial charge in [-0.15, -0.1) is 0 Å². The first-order valence-electron chi connectivity index (χ1n) is 7.65. The summed E-state index contributed by atoms with van der Waals surface area (Å²) in [7, 11) is 0. The lowest BCUT2D eigenvalue weighted by molar-refractivity contribution is 1.09. The quantitative estimate of drug-likeness (QED) is 0.332. The molecule has 0 amide bonds. The largest absolute Gasteiger partial charge is 0.326 e. The zero-order valence-corrected chi connectivity index (χ0v) is 12.1. The van der Waals surface area contributed by atoms with E-state index in [1.165, 1.54) is 48.7 Å². The Hall–Kier alpha value is -2.64. The predicted molar refractivity (Wildman–Crippen MR) is 95.5 cm³/mol. The van der Waals surface area contributed by atoms with E-state index < -0.39 is 0 Å². The van der Waals surface area contributed by atoms with Crippen LogP contribution in [0.2, 0.25) is 0 Å². The van der Waals surface area contributed by atoms with Gasteiger partial charge >= 0.3 is 0 Å². The molecule has 0 spiro atoms. The van der Waals surface area contributed by atoms with E-state index in [0.29, 0.717) is 6.54 Å². The first kappa shape index (κ1) is 12.0. The number of hydrogen-bond acceptors (Lipinski definition) is 1. The lowest BCUT2D eigenvalue weighted by Gasteiger charge is -2.15. The van der Waals surface area contributed by atoms with Crippen molar-refractivity contribution in [2.45, 2.75) is 6.54 Å². The van der Waals surface area contributed by atoms with Gasteiger partial charge in [-0.1, -0.05) is 66.7 Å². The highest BCUT2D eigenvalue weighted by atomic mass is 14.5. The standard InChI is InChI=1S/C21H15N/c22-12-14-10-11-19-17-8-2-5-13-4-1-7-16(20(13)17)18-9-3-6-15(14)21(18)19/h1-11H,12,22H2. The second kappa shape index (κ2) is 4.19. The number of nitrogens with two attached hydrogens (primary N) is 1. The van der Waals surface area contributed by atoms with Crippen LogP contribution in [-0.2, 0) is 6.54 Å². The number of fused-ring (bicyclic) bond motifs is 2. The Labute approximate surface area is 128 Å². The van der Waals surface area contributed by atoms with Crippen LogP contribution in [0.1, 0.15) is 5.56 Å². The van der Waals surface area contributed by atoms with Gasteiger partial charge in [0, 0.05) is 6.54 Å². The van der Waals surface area contributed by atoms with Crippen molar-refractivity contribution in [2.24, 2.45) is 5.73 Å². The van der Waals surface area contributed by atoms with Crippen LogP contribution in [0, 0.1) is 0 Å². The molecule has 0 atom stereocenters. The molecule has 0 bridgehead atoms. The van der Waals surface area contributed by atoms with Crippen LogP contribution in [0.5, 0.6) is 0 Å². The Morgan fingerprint density at radius 1 is 0.545 bits per heavy atom. The van der Waals surface area contributed by atoms with Crippen molar-refractivity contribution in [3.05, 3.63) is 72.3 Å². The summed E-state index contributed by atoms with van der Waals surface area (Å²) in [5.74, 6) is 0. The van der Waals surface area contributed by atoms with Crippen LogP contribution >= 0.6 is 0 Å². The van der Waals surface area contributed by atoms with Crippen molar-refractivity contribution in [3.8, 4) is 0 Å². The van der Waals surface area contributed by atoms with Gasteiger partial charge in [0.25, 0.3) is 0 Å². The van der Waals surface area contributed by atoms with Gasteiger partial charge in [0.05, 0.1) is 0 Å². The summed E-state index contributed by atoms with van der Waals surface area (Å²) in [6.07, 6.45) is 0. The number of benzene rings is 5. The third-order valence-electron chi connectivity index (χ3n) is 4.84. The van der Waals surface area contributed by atoms with Crippen LogP contribution in [0.15, 0.2) is 66.7 Å². The van der Waals surface area contributed by atoms with Crippen LogP contribution in [0.3, 0.4) is 0 Å². The average Bonchev–Trinajstić information content (AvgIpc) is 2.59. The Kier molecular flexibility index (Phi) is 2.28. The van der Waals surface area contributed by atoms with Gasteiger partial charge < -0.3 is 5.73 Å². The molecule has 0 fully saturated rings. The second-order valence-electron chi connectivity index (χ2n) is 5.91. The monoisotopic (exact) mass is 281 g/mol. The molecule has 22 heavy (non-hydrogen) atoms. The summed E-state index contributed by atoms with van der Waals surface area (Å²) in [5.41, 5.74) is 7.16. The summed E-state index contributed by atoms with van der Waals surface area (Å²) in [6.45, 7) is 0.575. The zero-order chi connectivity index (χ0) is 14.7. The molecule has 0 aliphatic rings. The summed E-state index contributed by atoms with van der Waals surface area (Å²) >= 11 is 0. The van der Waals surface area contributed by atoms with E-state index in [4.69, 9.17) is 5.73 Å². The second-order valence-corrected chi connectivity index (χ2v) is 5.91. The first-order valence-corrected chi connectivity index (χ1v) is 7.65. The van der Waals surface area contributed by atoms with Crippen LogP contribution < -0.4 is 5.73 Å². The summed E-state index contributed by atoms with van der Waals surface area (Å²) in [4.78, 5) is 0. The van der Waals surface area contributed by atoms with E-state index >= 15 is 0 Å². The normalized spacial score (nSPS) is 12.0. The summed E-state index contributed by atoms with van der Waals surface area (Å²) in [5, 5.41) is 10.6. The van der Waals surface area contributed by atoms with Gasteiger partial charge in [0.1, 0.15) is 0 Å². The minimum atomic E-state index is 0.575. The van der Waals surface area contributed by atoms with Gasteiger partial charge in [-0.2, -0.15) is 0 Å². The molecule has 0 saturated heterocycles. The van der Waals surface area contributed by atoms with Crippen LogP contribution in [0.25, 0.3) is 43.1 Å². The maximum atomic E-state index is 5.95. The van der Waals surface area contributed by atoms with Crippen molar-refractivity contribution in [1.29, 1.82) is 0 Å². The van der Waals surface area contributed by atoms with Crippen molar-refractivity contribution in [2.75, 3.05) is 0 Å². The minimum absolute atomic E-state index is 0.575. The molecule has 5 rings (SSSR count). The maximum Gasteiger partial charge on any atom is 0.0184 e. The summed E-state index contributed by atoms with van der Waals surface area (Å²) in [6, 6.07) is 24.1. The van der Waals surface area contributed by atoms with E-state index in [1.54, 1.807) is 0 Å². The van der Waals surface area contributed by atoms with E-state index in [-0.39, 0.29) is 0 Å². The van der Waals surface area contributed by atoms with Gasteiger partial charge in [0.2, 0.25) is 0 Å². The molecule has 0 aliphatic carbocycles. The average molecular weight is 281 g/mol. The molecule has 2 N–H and O–H groups in total. The van der Waals surface area contributed by atoms with Crippen molar-refractivity contribution in [3.63, 3.8) is 0 Å². The molecule has 1 heteroatoms. The Bertz CT molecular complexity index is 1100. The van der Waals surface area contributed by atoms with Crippen molar-refractivity contribution in [1.82, 2.24) is 0 Å². The molecule has 104 valence electrons. The topological polar surface area (TPSA) is 26.0 Å². The SMILES string of the molecule is NCc1ccc2c3cccc4cccc(c5cccc1c52)c43. The Morgan fingerprint density at radius 3 is 1.77 bits per heavy atom. The Balaban J connectivity index is 2.23. The minimum Gasteiger partial charge on any atom is -0.326 e. The Morgan fingerprint density at radius 2 is 1.09 bits per heavy atom. The molecule has 0 radical (unpaired) electrons. The molecule has 0 unspecified atom stereocenters. The highest BCUT2D eigenvalue weighted by Gasteiger charge is 2.13. The van der Waals surface area contributed by atoms with E-state index in [0.717, 1.165) is 0 Å². The number of hydrogen-bond donors (Lipinski definition) is 1. The fourth-order valence-electron chi connectivity index (χ4n) is 3.88. The highest BCUT2D eigenvalue weighted by molar-refractivity contribution is 6.33. The van der Waals surface area contributed by atoms with E-state index in [2.05, 4.69) is 66.7 Å². The molecular weight excluding hydrogens is 266 g/mol. The van der Waals surface area contributed by atoms with Gasteiger partial charge in [-0.3, -0.25) is 0 Å². The fourth-order valence-corrected chi connectivity index (χ4v) is 3.88. The van der Waals surface area contributed by atoms with Gasteiger partial charge in [-0.05, 0) is 48.7 Å². The van der Waals surface area contributed by atoms with Crippen molar-refractivity contribution >= 4 is 43.1 Å². The molecule has 0 aromatic heterocycles. The van der Waals surface area contributed by atoms with Crippen LogP contribution in [0.4, 0.5) is 0 Å². The molecule has 5 aromatic carbocycles. The van der Waals surface area contributed by atoms with E-state index in [1.807, 2.05) is 0 Å². The molecule has 0 heterocycles. The maximum absolute atomic E-state index is 5.95. The van der Waals surface area contributed by atoms with Crippen molar-refractivity contribution < 1.29 is 0 Å². The van der Waals surface area contributed by atoms with Gasteiger partial charge in [-0.25, -0.2) is 0 Å². The molecule has 5 aromatic rings. The molecule has 0 saturated carbocycles. The smallest absolute Gasteiger partial charge is 0.0184 e. The highest BCUT2D eigenvalue weighted by Crippen LogP contribution is 2.40. The van der Waals surface area contributed by atoms with Crippen LogP contribution in [-0.4, -0.2) is 0 Å². The summed E-state index contributed by atoms with van der Waals surface area (Å²) < 4.78 is 0. The predicted octanol–water partition coefficient (Wildman–Crippen LogP) is 5.20. The molecule has 0 aliphatic heterocycles. The third-order valence-corrected chi connectivity index (χ3v) is 4.84. The molecule has 1 nitrogen and oxygen atoms in total. The van der Waals surface area contributed by atoms with Gasteiger partial charge in [0.15, 0.2) is 0 Å². The zero-order valence-electron chi connectivity index (χ0n) is 12.1. The molecular formula is C21H15N. The number of rotatable bonds is 1. The first-order chi connectivity index (χ1) is 10.9. The third kappa shape index (κ3) is 1.36. The fraction of sp³-hybridized carbons (Fsp3) is 0.0476.